The molecule has 9 heteroatoms. The van der Waals surface area contributed by atoms with Gasteiger partial charge in [0.1, 0.15) is 0 Å². The van der Waals surface area contributed by atoms with E-state index in [2.05, 4.69) is 20.5 Å². The van der Waals surface area contributed by atoms with Gasteiger partial charge in [0.05, 0.1) is 21.5 Å². The summed E-state index contributed by atoms with van der Waals surface area (Å²) in [6.45, 7) is 0. The molecule has 0 spiro atoms. The summed E-state index contributed by atoms with van der Waals surface area (Å²) in [5.41, 5.74) is 1.58. The van der Waals surface area contributed by atoms with Crippen LogP contribution in [0.15, 0.2) is 47.9 Å². The van der Waals surface area contributed by atoms with Gasteiger partial charge in [0, 0.05) is 24.0 Å². The molecule has 1 aliphatic carbocycles. The standard InChI is InChI=1S/C21H21Cl2N5OS/c22-17-9-8-16(11-18(17)23)28-20(14-5-4-10-24-12-14)26-27-21(28)30-13-19(29)25-15-6-2-1-3-7-15/h4-5,8-12,15H,1-3,6-7,13H2,(H,25,29). The van der Waals surface area contributed by atoms with Crippen molar-refractivity contribution in [3.63, 3.8) is 0 Å². The van der Waals surface area contributed by atoms with Gasteiger partial charge < -0.3 is 5.32 Å². The van der Waals surface area contributed by atoms with Crippen molar-refractivity contribution in [2.24, 2.45) is 0 Å². The Morgan fingerprint density at radius 1 is 1.13 bits per heavy atom. The monoisotopic (exact) mass is 461 g/mol. The smallest absolute Gasteiger partial charge is 0.230 e. The molecule has 1 aromatic carbocycles. The van der Waals surface area contributed by atoms with Gasteiger partial charge >= 0.3 is 0 Å². The number of amides is 1. The van der Waals surface area contributed by atoms with Crippen LogP contribution in [0.3, 0.4) is 0 Å². The van der Waals surface area contributed by atoms with Crippen molar-refractivity contribution in [3.05, 3.63) is 52.8 Å². The maximum absolute atomic E-state index is 12.5. The number of carbonyl (C=O) groups is 1. The Hall–Kier alpha value is -2.09. The normalized spacial score (nSPS) is 14.6. The predicted molar refractivity (Wildman–Crippen MR) is 120 cm³/mol. The summed E-state index contributed by atoms with van der Waals surface area (Å²) in [4.78, 5) is 16.6. The predicted octanol–water partition coefficient (Wildman–Crippen LogP) is 5.18. The minimum absolute atomic E-state index is 0.0125. The van der Waals surface area contributed by atoms with Crippen molar-refractivity contribution in [2.75, 3.05) is 5.75 Å². The number of hydrogen-bond donors (Lipinski definition) is 1. The van der Waals surface area contributed by atoms with E-state index >= 15 is 0 Å². The van der Waals surface area contributed by atoms with E-state index in [0.717, 1.165) is 24.1 Å². The van der Waals surface area contributed by atoms with Crippen LogP contribution in [0.5, 0.6) is 0 Å². The molecule has 0 unspecified atom stereocenters. The van der Waals surface area contributed by atoms with Crippen LogP contribution in [-0.2, 0) is 4.79 Å². The topological polar surface area (TPSA) is 72.7 Å². The van der Waals surface area contributed by atoms with Gasteiger partial charge in [0.15, 0.2) is 11.0 Å². The molecule has 6 nitrogen and oxygen atoms in total. The van der Waals surface area contributed by atoms with E-state index in [-0.39, 0.29) is 17.7 Å². The van der Waals surface area contributed by atoms with Gasteiger partial charge in [-0.3, -0.25) is 14.3 Å². The lowest BCUT2D eigenvalue weighted by molar-refractivity contribution is -0.119. The Balaban J connectivity index is 1.58. The van der Waals surface area contributed by atoms with Crippen molar-refractivity contribution in [2.45, 2.75) is 43.3 Å². The van der Waals surface area contributed by atoms with Crippen molar-refractivity contribution in [1.29, 1.82) is 0 Å². The molecule has 30 heavy (non-hydrogen) atoms. The lowest BCUT2D eigenvalue weighted by Crippen LogP contribution is -2.37. The number of rotatable bonds is 6. The van der Waals surface area contributed by atoms with Crippen LogP contribution in [0.1, 0.15) is 32.1 Å². The van der Waals surface area contributed by atoms with Gasteiger partial charge in [-0.15, -0.1) is 10.2 Å². The Labute approximate surface area is 189 Å². The molecule has 156 valence electrons. The second-order valence-corrected chi connectivity index (χ2v) is 8.93. The van der Waals surface area contributed by atoms with Gasteiger partial charge in [0.2, 0.25) is 5.91 Å². The first-order chi connectivity index (χ1) is 14.6. The van der Waals surface area contributed by atoms with Crippen LogP contribution in [-0.4, -0.2) is 37.5 Å². The summed E-state index contributed by atoms with van der Waals surface area (Å²) in [6, 6.07) is 9.38. The third kappa shape index (κ3) is 4.96. The number of aromatic nitrogens is 4. The lowest BCUT2D eigenvalue weighted by Gasteiger charge is -2.22. The van der Waals surface area contributed by atoms with Gasteiger partial charge in [0.25, 0.3) is 0 Å². The number of benzene rings is 1. The van der Waals surface area contributed by atoms with Crippen molar-refractivity contribution >= 4 is 40.9 Å². The Morgan fingerprint density at radius 3 is 2.70 bits per heavy atom. The van der Waals surface area contributed by atoms with Gasteiger partial charge in [-0.25, -0.2) is 0 Å². The summed E-state index contributed by atoms with van der Waals surface area (Å²) in [7, 11) is 0. The molecule has 1 N–H and O–H groups in total. The Kier molecular flexibility index (Phi) is 6.92. The third-order valence-corrected chi connectivity index (χ3v) is 6.69. The number of nitrogens with zero attached hydrogens (tertiary/aromatic N) is 4. The molecular formula is C21H21Cl2N5OS. The summed E-state index contributed by atoms with van der Waals surface area (Å²) in [5.74, 6) is 0.901. The highest BCUT2D eigenvalue weighted by Gasteiger charge is 2.20. The number of carbonyl (C=O) groups excluding carboxylic acids is 1. The molecule has 1 aliphatic rings. The van der Waals surface area contributed by atoms with Crippen molar-refractivity contribution < 1.29 is 4.79 Å². The highest BCUT2D eigenvalue weighted by atomic mass is 35.5. The Morgan fingerprint density at radius 2 is 1.97 bits per heavy atom. The summed E-state index contributed by atoms with van der Waals surface area (Å²) >= 11 is 13.7. The summed E-state index contributed by atoms with van der Waals surface area (Å²) in [6.07, 6.45) is 9.15. The zero-order chi connectivity index (χ0) is 20.9. The Bertz CT molecular complexity index is 1020. The summed E-state index contributed by atoms with van der Waals surface area (Å²) < 4.78 is 1.87. The molecule has 1 saturated carbocycles. The van der Waals surface area contributed by atoms with Crippen LogP contribution in [0.2, 0.25) is 10.0 Å². The molecule has 0 saturated heterocycles. The number of nitrogens with one attached hydrogen (secondary N) is 1. The molecule has 3 aromatic rings. The first-order valence-electron chi connectivity index (χ1n) is 9.85. The zero-order valence-corrected chi connectivity index (χ0v) is 18.6. The minimum Gasteiger partial charge on any atom is -0.353 e. The average molecular weight is 462 g/mol. The lowest BCUT2D eigenvalue weighted by atomic mass is 9.95. The number of hydrogen-bond acceptors (Lipinski definition) is 5. The first-order valence-corrected chi connectivity index (χ1v) is 11.6. The fourth-order valence-electron chi connectivity index (χ4n) is 3.55. The van der Waals surface area contributed by atoms with E-state index in [9.17, 15) is 4.79 Å². The zero-order valence-electron chi connectivity index (χ0n) is 16.2. The van der Waals surface area contributed by atoms with E-state index in [0.29, 0.717) is 21.0 Å². The maximum Gasteiger partial charge on any atom is 0.230 e. The SMILES string of the molecule is O=C(CSc1nnc(-c2cccnc2)n1-c1ccc(Cl)c(Cl)c1)NC1CCCCC1. The molecule has 1 amide bonds. The number of thioether (sulfide) groups is 1. The summed E-state index contributed by atoms with van der Waals surface area (Å²) in [5, 5.41) is 13.3. The van der Waals surface area contributed by atoms with Gasteiger partial charge in [-0.1, -0.05) is 54.2 Å². The van der Waals surface area contributed by atoms with E-state index in [1.165, 1.54) is 31.0 Å². The van der Waals surface area contributed by atoms with Crippen molar-refractivity contribution in [3.8, 4) is 17.1 Å². The average Bonchev–Trinajstić information content (AvgIpc) is 3.19. The largest absolute Gasteiger partial charge is 0.353 e. The van der Waals surface area contributed by atoms with Crippen LogP contribution < -0.4 is 5.32 Å². The molecule has 2 heterocycles. The molecule has 1 fully saturated rings. The molecule has 0 atom stereocenters. The first kappa shape index (κ1) is 21.2. The third-order valence-electron chi connectivity index (χ3n) is 5.02. The molecule has 0 radical (unpaired) electrons. The highest BCUT2D eigenvalue weighted by Crippen LogP contribution is 2.31. The van der Waals surface area contributed by atoms with Crippen LogP contribution in [0.25, 0.3) is 17.1 Å². The van der Waals surface area contributed by atoms with E-state index in [1.54, 1.807) is 24.5 Å². The maximum atomic E-state index is 12.5. The van der Waals surface area contributed by atoms with E-state index in [4.69, 9.17) is 23.2 Å². The molecule has 2 aromatic heterocycles. The molecule has 0 bridgehead atoms. The van der Waals surface area contributed by atoms with Gasteiger partial charge in [-0.05, 0) is 43.2 Å². The van der Waals surface area contributed by atoms with Crippen LogP contribution >= 0.6 is 35.0 Å². The highest BCUT2D eigenvalue weighted by molar-refractivity contribution is 7.99. The van der Waals surface area contributed by atoms with E-state index in [1.807, 2.05) is 22.8 Å². The van der Waals surface area contributed by atoms with E-state index < -0.39 is 0 Å². The second kappa shape index (κ2) is 9.81. The fourth-order valence-corrected chi connectivity index (χ4v) is 4.60. The molecule has 4 rings (SSSR count). The van der Waals surface area contributed by atoms with Crippen LogP contribution in [0, 0.1) is 0 Å². The van der Waals surface area contributed by atoms with Gasteiger partial charge in [-0.2, -0.15) is 0 Å². The molecule has 0 aliphatic heterocycles. The van der Waals surface area contributed by atoms with Crippen molar-refractivity contribution in [1.82, 2.24) is 25.1 Å². The minimum atomic E-state index is 0.0125. The quantitative estimate of drug-likeness (QED) is 0.512. The molecular weight excluding hydrogens is 441 g/mol. The fraction of sp³-hybridized carbons (Fsp3) is 0.333. The number of halogens is 2. The number of pyridine rings is 1. The van der Waals surface area contributed by atoms with Crippen LogP contribution in [0.4, 0.5) is 0 Å². The second-order valence-electron chi connectivity index (χ2n) is 7.17.